The van der Waals surface area contributed by atoms with Crippen molar-refractivity contribution in [2.24, 2.45) is 0 Å². The molecule has 23 heavy (non-hydrogen) atoms. The van der Waals surface area contributed by atoms with Gasteiger partial charge in [0.2, 0.25) is 5.43 Å². The van der Waals surface area contributed by atoms with Crippen molar-refractivity contribution in [3.63, 3.8) is 0 Å². The van der Waals surface area contributed by atoms with Gasteiger partial charge in [-0.2, -0.15) is 0 Å². The molecule has 1 saturated carbocycles. The monoisotopic (exact) mass is 305 g/mol. The number of nitrogens with zero attached hydrogens (tertiary/aromatic N) is 2. The van der Waals surface area contributed by atoms with Crippen LogP contribution in [-0.4, -0.2) is 21.5 Å². The van der Waals surface area contributed by atoms with Crippen LogP contribution in [0.5, 0.6) is 0 Å². The minimum absolute atomic E-state index is 0.154. The summed E-state index contributed by atoms with van der Waals surface area (Å²) in [5.74, 6) is -0.312. The lowest BCUT2D eigenvalue weighted by atomic mass is 10.1. The molecule has 1 N–H and O–H groups in total. The molecule has 1 aliphatic rings. The number of carbonyl (C=O) groups is 1. The minimum Gasteiger partial charge on any atom is -0.349 e. The molecule has 1 aromatic carbocycles. The molecular weight excluding hydrogens is 290 g/mol. The number of aromatic nitrogens is 2. The maximum absolute atomic E-state index is 12.6. The summed E-state index contributed by atoms with van der Waals surface area (Å²) >= 11 is 0. The van der Waals surface area contributed by atoms with E-state index in [2.05, 4.69) is 10.3 Å². The molecule has 0 bridgehead atoms. The second kappa shape index (κ2) is 5.35. The Bertz CT molecular complexity index is 943. The highest BCUT2D eigenvalue weighted by Crippen LogP contribution is 2.20. The van der Waals surface area contributed by atoms with E-state index in [0.29, 0.717) is 11.0 Å². The van der Waals surface area contributed by atoms with E-state index in [4.69, 9.17) is 0 Å². The standard InChI is InChI=1S/C18H15N3O2/c22-16-14-7-4-10-19-17(14)21(13-5-2-1-3-6-13)11-15(16)18(23)20-12-8-9-12/h1-7,10-12H,8-9H2,(H,20,23). The van der Waals surface area contributed by atoms with Crippen LogP contribution in [0.2, 0.25) is 0 Å². The van der Waals surface area contributed by atoms with Crippen molar-refractivity contribution in [3.05, 3.63) is 70.6 Å². The van der Waals surface area contributed by atoms with E-state index in [9.17, 15) is 9.59 Å². The highest BCUT2D eigenvalue weighted by atomic mass is 16.2. The molecule has 0 aliphatic heterocycles. The van der Waals surface area contributed by atoms with E-state index in [1.165, 1.54) is 0 Å². The molecular formula is C18H15N3O2. The van der Waals surface area contributed by atoms with E-state index in [-0.39, 0.29) is 22.9 Å². The number of rotatable bonds is 3. The second-order valence-electron chi connectivity index (χ2n) is 5.70. The van der Waals surface area contributed by atoms with Crippen LogP contribution in [0.25, 0.3) is 16.7 Å². The van der Waals surface area contributed by atoms with Crippen LogP contribution in [0.3, 0.4) is 0 Å². The van der Waals surface area contributed by atoms with Gasteiger partial charge in [0.05, 0.1) is 5.39 Å². The molecule has 0 radical (unpaired) electrons. The number of nitrogens with one attached hydrogen (secondary N) is 1. The Morgan fingerprint density at radius 2 is 1.91 bits per heavy atom. The fourth-order valence-electron chi connectivity index (χ4n) is 2.60. The summed E-state index contributed by atoms with van der Waals surface area (Å²) in [6, 6.07) is 13.2. The Labute approximate surface area is 132 Å². The largest absolute Gasteiger partial charge is 0.349 e. The van der Waals surface area contributed by atoms with Crippen molar-refractivity contribution < 1.29 is 4.79 Å². The van der Waals surface area contributed by atoms with Crippen molar-refractivity contribution >= 4 is 16.9 Å². The Balaban J connectivity index is 1.95. The van der Waals surface area contributed by atoms with Gasteiger partial charge < -0.3 is 9.88 Å². The number of para-hydroxylation sites is 1. The van der Waals surface area contributed by atoms with Crippen molar-refractivity contribution in [1.82, 2.24) is 14.9 Å². The third-order valence-electron chi connectivity index (χ3n) is 3.95. The average Bonchev–Trinajstić information content (AvgIpc) is 3.40. The van der Waals surface area contributed by atoms with Crippen LogP contribution in [0.15, 0.2) is 59.7 Å². The van der Waals surface area contributed by atoms with Crippen molar-refractivity contribution in [3.8, 4) is 5.69 Å². The van der Waals surface area contributed by atoms with E-state index < -0.39 is 0 Å². The van der Waals surface area contributed by atoms with Crippen LogP contribution in [0.1, 0.15) is 23.2 Å². The molecule has 0 atom stereocenters. The van der Waals surface area contributed by atoms with Gasteiger partial charge in [0, 0.05) is 24.1 Å². The molecule has 4 rings (SSSR count). The van der Waals surface area contributed by atoms with Gasteiger partial charge in [0.25, 0.3) is 5.91 Å². The number of carbonyl (C=O) groups excluding carboxylic acids is 1. The molecule has 1 amide bonds. The summed E-state index contributed by atoms with van der Waals surface area (Å²) in [4.78, 5) is 29.4. The predicted molar refractivity (Wildman–Crippen MR) is 87.8 cm³/mol. The molecule has 2 heterocycles. The molecule has 5 heteroatoms. The zero-order chi connectivity index (χ0) is 15.8. The maximum atomic E-state index is 12.6. The van der Waals surface area contributed by atoms with Gasteiger partial charge in [0.15, 0.2) is 0 Å². The van der Waals surface area contributed by atoms with Gasteiger partial charge >= 0.3 is 0 Å². The normalized spacial score (nSPS) is 13.9. The topological polar surface area (TPSA) is 64.0 Å². The van der Waals surface area contributed by atoms with Gasteiger partial charge in [-0.3, -0.25) is 9.59 Å². The first kappa shape index (κ1) is 13.7. The van der Waals surface area contributed by atoms with Crippen LogP contribution in [0.4, 0.5) is 0 Å². The zero-order valence-corrected chi connectivity index (χ0v) is 12.4. The van der Waals surface area contributed by atoms with E-state index >= 15 is 0 Å². The van der Waals surface area contributed by atoms with Gasteiger partial charge in [-0.1, -0.05) is 18.2 Å². The SMILES string of the molecule is O=C(NC1CC1)c1cn(-c2ccccc2)c2ncccc2c1=O. The Morgan fingerprint density at radius 1 is 1.13 bits per heavy atom. The molecule has 2 aromatic heterocycles. The van der Waals surface area contributed by atoms with Crippen molar-refractivity contribution in [1.29, 1.82) is 0 Å². The lowest BCUT2D eigenvalue weighted by Crippen LogP contribution is -2.31. The Kier molecular flexibility index (Phi) is 3.19. The number of hydrogen-bond donors (Lipinski definition) is 1. The minimum atomic E-state index is -0.312. The smallest absolute Gasteiger partial charge is 0.257 e. The van der Waals surface area contributed by atoms with E-state index in [0.717, 1.165) is 18.5 Å². The predicted octanol–water partition coefficient (Wildman–Crippen LogP) is 2.28. The third kappa shape index (κ3) is 2.50. The van der Waals surface area contributed by atoms with Gasteiger partial charge in [0.1, 0.15) is 11.2 Å². The van der Waals surface area contributed by atoms with Gasteiger partial charge in [-0.25, -0.2) is 4.98 Å². The summed E-state index contributed by atoms with van der Waals surface area (Å²) in [7, 11) is 0. The second-order valence-corrected chi connectivity index (χ2v) is 5.70. The molecule has 114 valence electrons. The Hall–Kier alpha value is -2.95. The van der Waals surface area contributed by atoms with Gasteiger partial charge in [-0.15, -0.1) is 0 Å². The van der Waals surface area contributed by atoms with Crippen LogP contribution in [0, 0.1) is 0 Å². The highest BCUT2D eigenvalue weighted by Gasteiger charge is 2.25. The molecule has 0 saturated heterocycles. The number of fused-ring (bicyclic) bond motifs is 1. The number of benzene rings is 1. The van der Waals surface area contributed by atoms with E-state index in [1.54, 1.807) is 29.1 Å². The first-order chi connectivity index (χ1) is 11.2. The summed E-state index contributed by atoms with van der Waals surface area (Å²) in [5.41, 5.74) is 1.28. The summed E-state index contributed by atoms with van der Waals surface area (Å²) in [6.07, 6.45) is 5.19. The quantitative estimate of drug-likeness (QED) is 0.807. The summed E-state index contributed by atoms with van der Waals surface area (Å²) < 4.78 is 1.79. The lowest BCUT2D eigenvalue weighted by Gasteiger charge is -2.12. The summed E-state index contributed by atoms with van der Waals surface area (Å²) in [5, 5.41) is 3.33. The molecule has 3 aromatic rings. The Morgan fingerprint density at radius 3 is 2.65 bits per heavy atom. The molecule has 0 spiro atoms. The summed E-state index contributed by atoms with van der Waals surface area (Å²) in [6.45, 7) is 0. The fraction of sp³-hybridized carbons (Fsp3) is 0.167. The lowest BCUT2D eigenvalue weighted by molar-refractivity contribution is 0.0949. The number of pyridine rings is 2. The van der Waals surface area contributed by atoms with Crippen molar-refractivity contribution in [2.45, 2.75) is 18.9 Å². The highest BCUT2D eigenvalue weighted by molar-refractivity contribution is 5.97. The van der Waals surface area contributed by atoms with Gasteiger partial charge in [-0.05, 0) is 37.1 Å². The van der Waals surface area contributed by atoms with Crippen LogP contribution < -0.4 is 10.7 Å². The fourth-order valence-corrected chi connectivity index (χ4v) is 2.60. The number of amides is 1. The molecule has 0 unspecified atom stereocenters. The molecule has 5 nitrogen and oxygen atoms in total. The third-order valence-corrected chi connectivity index (χ3v) is 3.95. The first-order valence-electron chi connectivity index (χ1n) is 7.61. The van der Waals surface area contributed by atoms with E-state index in [1.807, 2.05) is 30.3 Å². The maximum Gasteiger partial charge on any atom is 0.257 e. The zero-order valence-electron chi connectivity index (χ0n) is 12.4. The van der Waals surface area contributed by atoms with Crippen LogP contribution >= 0.6 is 0 Å². The average molecular weight is 305 g/mol. The molecule has 1 fully saturated rings. The molecule has 1 aliphatic carbocycles. The van der Waals surface area contributed by atoms with Crippen molar-refractivity contribution in [2.75, 3.05) is 0 Å². The first-order valence-corrected chi connectivity index (χ1v) is 7.61. The number of hydrogen-bond acceptors (Lipinski definition) is 3. The van der Waals surface area contributed by atoms with Crippen LogP contribution in [-0.2, 0) is 0 Å².